The highest BCUT2D eigenvalue weighted by molar-refractivity contribution is 6.12. The van der Waals surface area contributed by atoms with Crippen LogP contribution in [0.4, 0.5) is 4.39 Å². The average Bonchev–Trinajstić information content (AvgIpc) is 3.58. The molecule has 1 aliphatic rings. The van der Waals surface area contributed by atoms with Gasteiger partial charge in [0.15, 0.2) is 17.5 Å². The maximum atomic E-state index is 16.7. The minimum atomic E-state index is -0.285. The topological polar surface area (TPSA) is 43.6 Å². The molecular weight excluding hydrogens is 748 g/mol. The van der Waals surface area contributed by atoms with Crippen LogP contribution in [0.2, 0.25) is 0 Å². The minimum Gasteiger partial charge on any atom is -0.309 e. The molecule has 0 radical (unpaired) electrons. The van der Waals surface area contributed by atoms with Crippen LogP contribution in [0.15, 0.2) is 158 Å². The molecule has 3 heterocycles. The number of rotatable bonds is 4. The van der Waals surface area contributed by atoms with Crippen molar-refractivity contribution in [1.82, 2.24) is 19.5 Å². The van der Waals surface area contributed by atoms with Crippen LogP contribution in [-0.4, -0.2) is 19.5 Å². The molecular formula is C56H41FN4. The minimum absolute atomic E-state index is 0.285. The summed E-state index contributed by atoms with van der Waals surface area (Å²) in [6, 6.07) is 54.4. The van der Waals surface area contributed by atoms with E-state index in [2.05, 4.69) is 106 Å². The highest BCUT2D eigenvalue weighted by Crippen LogP contribution is 2.46. The molecule has 0 fully saturated rings. The summed E-state index contributed by atoms with van der Waals surface area (Å²) < 4.78 is 19.0. The van der Waals surface area contributed by atoms with Gasteiger partial charge in [-0.05, 0) is 115 Å². The van der Waals surface area contributed by atoms with Crippen molar-refractivity contribution < 1.29 is 4.39 Å². The zero-order valence-corrected chi connectivity index (χ0v) is 34.7. The van der Waals surface area contributed by atoms with E-state index in [9.17, 15) is 0 Å². The fraction of sp³-hybridized carbons (Fsp3) is 0.0893. The van der Waals surface area contributed by atoms with Crippen LogP contribution < -0.4 is 0 Å². The summed E-state index contributed by atoms with van der Waals surface area (Å²) in [6.45, 7) is 10.8. The third-order valence-electron chi connectivity index (χ3n) is 12.3. The maximum absolute atomic E-state index is 16.7. The van der Waals surface area contributed by atoms with E-state index in [0.29, 0.717) is 23.0 Å². The number of benzene rings is 8. The van der Waals surface area contributed by atoms with Gasteiger partial charge < -0.3 is 4.57 Å². The molecule has 11 rings (SSSR count). The molecule has 61 heavy (non-hydrogen) atoms. The average molecular weight is 789 g/mol. The molecule has 1 aliphatic heterocycles. The molecule has 4 nitrogen and oxygen atoms in total. The van der Waals surface area contributed by atoms with Gasteiger partial charge in [-0.3, -0.25) is 0 Å². The van der Waals surface area contributed by atoms with Crippen LogP contribution in [-0.2, 0) is 0 Å². The smallest absolute Gasteiger partial charge is 0.164 e. The van der Waals surface area contributed by atoms with Gasteiger partial charge in [0.25, 0.3) is 0 Å². The Hall–Kier alpha value is -7.50. The number of hydrogen-bond acceptors (Lipinski definition) is 3. The van der Waals surface area contributed by atoms with Crippen LogP contribution >= 0.6 is 0 Å². The Labute approximate surface area is 354 Å². The normalized spacial score (nSPS) is 11.8. The second-order valence-corrected chi connectivity index (χ2v) is 16.5. The third-order valence-corrected chi connectivity index (χ3v) is 12.3. The Balaban J connectivity index is 1.27. The second kappa shape index (κ2) is 14.1. The Kier molecular flexibility index (Phi) is 8.43. The molecule has 5 heteroatoms. The highest BCUT2D eigenvalue weighted by atomic mass is 19.1. The summed E-state index contributed by atoms with van der Waals surface area (Å²) in [4.78, 5) is 15.2. The zero-order valence-electron chi connectivity index (χ0n) is 34.7. The van der Waals surface area contributed by atoms with Gasteiger partial charge in [-0.1, -0.05) is 139 Å². The van der Waals surface area contributed by atoms with E-state index in [-0.39, 0.29) is 5.82 Å². The molecule has 2 aromatic heterocycles. The molecule has 0 saturated heterocycles. The third kappa shape index (κ3) is 6.07. The molecule has 0 saturated carbocycles. The van der Waals surface area contributed by atoms with Gasteiger partial charge in [0.05, 0.1) is 16.7 Å². The van der Waals surface area contributed by atoms with E-state index in [1.165, 1.54) is 27.8 Å². The fourth-order valence-electron chi connectivity index (χ4n) is 9.72. The largest absolute Gasteiger partial charge is 0.309 e. The summed E-state index contributed by atoms with van der Waals surface area (Å²) in [6.07, 6.45) is 0. The van der Waals surface area contributed by atoms with Crippen LogP contribution in [0.1, 0.15) is 27.8 Å². The summed E-state index contributed by atoms with van der Waals surface area (Å²) >= 11 is 0. The van der Waals surface area contributed by atoms with E-state index < -0.39 is 0 Å². The van der Waals surface area contributed by atoms with Gasteiger partial charge in [0.2, 0.25) is 0 Å². The Morgan fingerprint density at radius 2 is 0.869 bits per heavy atom. The Morgan fingerprint density at radius 3 is 1.46 bits per heavy atom. The maximum Gasteiger partial charge on any atom is 0.164 e. The lowest BCUT2D eigenvalue weighted by Gasteiger charge is -2.18. The van der Waals surface area contributed by atoms with Crippen LogP contribution in [0.3, 0.4) is 0 Å². The molecule has 0 aliphatic carbocycles. The first-order valence-electron chi connectivity index (χ1n) is 20.8. The first kappa shape index (κ1) is 36.6. The van der Waals surface area contributed by atoms with Crippen LogP contribution in [0, 0.1) is 40.4 Å². The predicted octanol–water partition coefficient (Wildman–Crippen LogP) is 14.6. The van der Waals surface area contributed by atoms with Crippen molar-refractivity contribution in [2.45, 2.75) is 34.6 Å². The SMILES string of the molecule is Cc1cc(C)c(-c2ccc3c4ccc5cc4n(c3c2)-c2cc(-c3nc(-c4ccccc4)nc(-c4ccccc4)n3)ccc2-c2cc(ccc2F)-c2cc(C)cc(C)c2-5)c(C)c1. The lowest BCUT2D eigenvalue weighted by molar-refractivity contribution is 0.631. The molecule has 0 unspecified atom stereocenters. The van der Waals surface area contributed by atoms with Crippen molar-refractivity contribution in [1.29, 1.82) is 0 Å². The van der Waals surface area contributed by atoms with Crippen molar-refractivity contribution in [3.05, 3.63) is 191 Å². The number of halogens is 1. The number of aryl methyl sites for hydroxylation is 5. The highest BCUT2D eigenvalue weighted by Gasteiger charge is 2.24. The van der Waals surface area contributed by atoms with Gasteiger partial charge in [-0.2, -0.15) is 0 Å². The lowest BCUT2D eigenvalue weighted by Crippen LogP contribution is -2.03. The second-order valence-electron chi connectivity index (χ2n) is 16.5. The first-order chi connectivity index (χ1) is 29.7. The number of nitrogens with zero attached hydrogens (tertiary/aromatic N) is 4. The molecule has 0 atom stereocenters. The molecule has 0 spiro atoms. The van der Waals surface area contributed by atoms with Crippen LogP contribution in [0.5, 0.6) is 0 Å². The quantitative estimate of drug-likeness (QED) is 0.178. The summed E-state index contributed by atoms with van der Waals surface area (Å²) in [5.74, 6) is 1.41. The first-order valence-corrected chi connectivity index (χ1v) is 20.8. The Morgan fingerprint density at radius 1 is 0.377 bits per heavy atom. The summed E-state index contributed by atoms with van der Waals surface area (Å²) in [5.41, 5.74) is 19.5. The van der Waals surface area contributed by atoms with E-state index in [0.717, 1.165) is 83.1 Å². The molecule has 4 bridgehead atoms. The van der Waals surface area contributed by atoms with E-state index in [1.54, 1.807) is 6.07 Å². The van der Waals surface area contributed by atoms with E-state index in [4.69, 9.17) is 15.0 Å². The molecule has 0 amide bonds. The number of aromatic nitrogens is 4. The summed E-state index contributed by atoms with van der Waals surface area (Å²) in [5, 5.41) is 2.24. The monoisotopic (exact) mass is 788 g/mol. The van der Waals surface area contributed by atoms with Gasteiger partial charge >= 0.3 is 0 Å². The zero-order chi connectivity index (χ0) is 41.5. The molecule has 8 aromatic carbocycles. The van der Waals surface area contributed by atoms with Crippen molar-refractivity contribution in [3.8, 4) is 84.4 Å². The lowest BCUT2D eigenvalue weighted by atomic mass is 9.88. The van der Waals surface area contributed by atoms with Gasteiger partial charge in [0, 0.05) is 38.6 Å². The van der Waals surface area contributed by atoms with E-state index >= 15 is 4.39 Å². The van der Waals surface area contributed by atoms with Crippen molar-refractivity contribution in [2.24, 2.45) is 0 Å². The molecule has 0 N–H and O–H groups in total. The van der Waals surface area contributed by atoms with Gasteiger partial charge in [0.1, 0.15) is 5.82 Å². The van der Waals surface area contributed by atoms with Gasteiger partial charge in [-0.25, -0.2) is 19.3 Å². The van der Waals surface area contributed by atoms with Gasteiger partial charge in [-0.15, -0.1) is 0 Å². The standard InChI is InChI=1S/C56H41FN4/c1-32-24-34(3)52(35(4)25-32)40-16-20-43-44-21-17-41-30-50(44)61(49(43)29-40)51-31-42(56-59-54(37-12-8-6-9-13-37)58-55(60-56)38-14-10-7-11-15-38)18-22-45(51)47-28-39(19-23-48(47)57)46-27-33(2)26-36(5)53(41)46/h6-31H,1-5H3. The Bertz CT molecular complexity index is 3330. The van der Waals surface area contributed by atoms with Crippen molar-refractivity contribution in [3.63, 3.8) is 0 Å². The number of fused-ring (bicyclic) bond motifs is 12. The molecule has 292 valence electrons. The fourth-order valence-corrected chi connectivity index (χ4v) is 9.72. The number of hydrogen-bond donors (Lipinski definition) is 0. The molecule has 10 aromatic rings. The predicted molar refractivity (Wildman–Crippen MR) is 249 cm³/mol. The van der Waals surface area contributed by atoms with Crippen molar-refractivity contribution in [2.75, 3.05) is 0 Å². The van der Waals surface area contributed by atoms with E-state index in [1.807, 2.05) is 84.9 Å². The van der Waals surface area contributed by atoms with Crippen molar-refractivity contribution >= 4 is 21.8 Å². The summed E-state index contributed by atoms with van der Waals surface area (Å²) in [7, 11) is 0. The van der Waals surface area contributed by atoms with Crippen LogP contribution in [0.25, 0.3) is 106 Å².